The number of nitrogens with one attached hydrogen (secondary N) is 1. The zero-order valence-corrected chi connectivity index (χ0v) is 11.9. The Morgan fingerprint density at radius 1 is 1.42 bits per heavy atom. The Labute approximate surface area is 116 Å². The van der Waals surface area contributed by atoms with Crippen molar-refractivity contribution in [2.24, 2.45) is 0 Å². The quantitative estimate of drug-likeness (QED) is 0.895. The summed E-state index contributed by atoms with van der Waals surface area (Å²) in [6, 6.07) is 5.56. The van der Waals surface area contributed by atoms with Crippen molar-refractivity contribution in [1.29, 1.82) is 0 Å². The van der Waals surface area contributed by atoms with Crippen LogP contribution >= 0.6 is 11.3 Å². The highest BCUT2D eigenvalue weighted by atomic mass is 32.1. The molecule has 0 saturated heterocycles. The Hall–Kier alpha value is -1.88. The monoisotopic (exact) mass is 276 g/mol. The smallest absolute Gasteiger partial charge is 0.337 e. The Balaban J connectivity index is 2.12. The molecule has 1 unspecified atom stereocenters. The number of carboxylic acid groups (broad SMARTS) is 1. The van der Waals surface area contributed by atoms with Crippen LogP contribution in [-0.4, -0.2) is 16.1 Å². The number of anilines is 1. The second-order valence-electron chi connectivity index (χ2n) is 4.47. The molecule has 0 saturated carbocycles. The Kier molecular flexibility index (Phi) is 3.85. The van der Waals surface area contributed by atoms with Crippen LogP contribution in [0.3, 0.4) is 0 Å². The van der Waals surface area contributed by atoms with Crippen LogP contribution in [0.5, 0.6) is 0 Å². The van der Waals surface area contributed by atoms with Crippen LogP contribution in [-0.2, 0) is 0 Å². The van der Waals surface area contributed by atoms with Crippen LogP contribution in [0.25, 0.3) is 0 Å². The average molecular weight is 276 g/mol. The highest BCUT2D eigenvalue weighted by Crippen LogP contribution is 2.28. The van der Waals surface area contributed by atoms with Crippen molar-refractivity contribution in [2.75, 3.05) is 5.32 Å². The van der Waals surface area contributed by atoms with Gasteiger partial charge >= 0.3 is 5.97 Å². The minimum atomic E-state index is -0.962. The number of rotatable bonds is 4. The van der Waals surface area contributed by atoms with Gasteiger partial charge < -0.3 is 10.4 Å². The number of aromatic carboxylic acids is 1. The molecule has 19 heavy (non-hydrogen) atoms. The van der Waals surface area contributed by atoms with Crippen molar-refractivity contribution in [3.63, 3.8) is 0 Å². The van der Waals surface area contributed by atoms with E-state index >= 15 is 0 Å². The van der Waals surface area contributed by atoms with Gasteiger partial charge in [-0.05, 0) is 44.5 Å². The summed E-state index contributed by atoms with van der Waals surface area (Å²) in [6.45, 7) is 6.27. The summed E-state index contributed by atoms with van der Waals surface area (Å²) in [6.07, 6.45) is 1.36. The summed E-state index contributed by atoms with van der Waals surface area (Å²) in [5, 5.41) is 12.1. The van der Waals surface area contributed by atoms with Gasteiger partial charge in [-0.1, -0.05) is 0 Å². The van der Waals surface area contributed by atoms with E-state index in [0.29, 0.717) is 5.82 Å². The highest BCUT2D eigenvalue weighted by Gasteiger charge is 2.12. The molecule has 0 amide bonds. The van der Waals surface area contributed by atoms with E-state index in [1.165, 1.54) is 21.5 Å². The molecule has 0 aliphatic heterocycles. The van der Waals surface area contributed by atoms with Gasteiger partial charge in [-0.25, -0.2) is 9.78 Å². The zero-order chi connectivity index (χ0) is 14.0. The van der Waals surface area contributed by atoms with Gasteiger partial charge in [0, 0.05) is 16.0 Å². The molecule has 0 aliphatic carbocycles. The van der Waals surface area contributed by atoms with E-state index in [9.17, 15) is 4.79 Å². The van der Waals surface area contributed by atoms with Gasteiger partial charge in [-0.2, -0.15) is 0 Å². The summed E-state index contributed by atoms with van der Waals surface area (Å²) in [5.74, 6) is -0.280. The molecule has 2 rings (SSSR count). The third-order valence-electron chi connectivity index (χ3n) is 2.92. The molecule has 0 aromatic carbocycles. The van der Waals surface area contributed by atoms with Crippen molar-refractivity contribution in [3.8, 4) is 0 Å². The first-order valence-corrected chi connectivity index (χ1v) is 6.82. The summed E-state index contributed by atoms with van der Waals surface area (Å²) < 4.78 is 0. The van der Waals surface area contributed by atoms with Crippen molar-refractivity contribution in [1.82, 2.24) is 4.98 Å². The summed E-state index contributed by atoms with van der Waals surface area (Å²) >= 11 is 1.78. The van der Waals surface area contributed by atoms with Crippen molar-refractivity contribution in [3.05, 3.63) is 45.3 Å². The van der Waals surface area contributed by atoms with Crippen molar-refractivity contribution in [2.45, 2.75) is 26.8 Å². The normalized spacial score (nSPS) is 12.2. The number of nitrogens with zero attached hydrogens (tertiary/aromatic N) is 1. The van der Waals surface area contributed by atoms with Crippen LogP contribution in [0.1, 0.15) is 38.6 Å². The molecule has 2 aromatic heterocycles. The van der Waals surface area contributed by atoms with Gasteiger partial charge in [-0.15, -0.1) is 11.3 Å². The molecule has 0 spiro atoms. The third kappa shape index (κ3) is 3.12. The Morgan fingerprint density at radius 3 is 2.63 bits per heavy atom. The largest absolute Gasteiger partial charge is 0.478 e. The SMILES string of the molecule is Cc1cc(C(C)Nc2ccc(C(=O)O)cn2)c(C)s1. The van der Waals surface area contributed by atoms with Crippen molar-refractivity contribution >= 4 is 23.1 Å². The summed E-state index contributed by atoms with van der Waals surface area (Å²) in [7, 11) is 0. The zero-order valence-electron chi connectivity index (χ0n) is 11.1. The van der Waals surface area contributed by atoms with Crippen LogP contribution < -0.4 is 5.32 Å². The van der Waals surface area contributed by atoms with Crippen molar-refractivity contribution < 1.29 is 9.90 Å². The van der Waals surface area contributed by atoms with Crippen LogP contribution in [0.2, 0.25) is 0 Å². The fourth-order valence-corrected chi connectivity index (χ4v) is 3.01. The van der Waals surface area contributed by atoms with E-state index in [1.54, 1.807) is 23.5 Å². The second kappa shape index (κ2) is 5.40. The van der Waals surface area contributed by atoms with E-state index < -0.39 is 5.97 Å². The number of aromatic nitrogens is 1. The summed E-state index contributed by atoms with van der Waals surface area (Å²) in [5.41, 5.74) is 1.45. The molecule has 0 aliphatic rings. The molecule has 0 radical (unpaired) electrons. The van der Waals surface area contributed by atoms with Gasteiger partial charge in [0.05, 0.1) is 11.6 Å². The predicted molar refractivity (Wildman–Crippen MR) is 77.0 cm³/mol. The lowest BCUT2D eigenvalue weighted by atomic mass is 10.1. The van der Waals surface area contributed by atoms with E-state index in [4.69, 9.17) is 5.11 Å². The summed E-state index contributed by atoms with van der Waals surface area (Å²) in [4.78, 5) is 17.4. The maximum absolute atomic E-state index is 10.7. The maximum Gasteiger partial charge on any atom is 0.337 e. The number of hydrogen-bond acceptors (Lipinski definition) is 4. The number of carbonyl (C=O) groups is 1. The fraction of sp³-hybridized carbons (Fsp3) is 0.286. The molecule has 2 N–H and O–H groups in total. The highest BCUT2D eigenvalue weighted by molar-refractivity contribution is 7.12. The Bertz CT molecular complexity index is 590. The van der Waals surface area contributed by atoms with Gasteiger partial charge in [0.15, 0.2) is 0 Å². The first kappa shape index (κ1) is 13.5. The van der Waals surface area contributed by atoms with E-state index in [0.717, 1.165) is 0 Å². The van der Waals surface area contributed by atoms with Gasteiger partial charge in [0.25, 0.3) is 0 Å². The van der Waals surface area contributed by atoms with E-state index in [-0.39, 0.29) is 11.6 Å². The van der Waals surface area contributed by atoms with Crippen LogP contribution in [0.15, 0.2) is 24.4 Å². The lowest BCUT2D eigenvalue weighted by molar-refractivity contribution is 0.0696. The number of aryl methyl sites for hydroxylation is 2. The average Bonchev–Trinajstić information content (AvgIpc) is 2.69. The van der Waals surface area contributed by atoms with E-state index in [1.807, 2.05) is 0 Å². The fourth-order valence-electron chi connectivity index (χ4n) is 1.99. The third-order valence-corrected chi connectivity index (χ3v) is 3.90. The standard InChI is InChI=1S/C14H16N2O2S/c1-8-6-12(10(3)19-8)9(2)16-13-5-4-11(7-15-13)14(17)18/h4-7,9H,1-3H3,(H,15,16)(H,17,18). The molecule has 100 valence electrons. The lowest BCUT2D eigenvalue weighted by Gasteiger charge is -2.14. The first-order chi connectivity index (χ1) is 8.97. The second-order valence-corrected chi connectivity index (χ2v) is 5.93. The Morgan fingerprint density at radius 2 is 2.16 bits per heavy atom. The van der Waals surface area contributed by atoms with Gasteiger partial charge in [0.2, 0.25) is 0 Å². The lowest BCUT2D eigenvalue weighted by Crippen LogP contribution is -2.08. The first-order valence-electron chi connectivity index (χ1n) is 6.00. The molecule has 1 atom stereocenters. The topological polar surface area (TPSA) is 62.2 Å². The molecule has 4 nitrogen and oxygen atoms in total. The molecule has 0 bridgehead atoms. The molecule has 2 heterocycles. The predicted octanol–water partition coefficient (Wildman–Crippen LogP) is 3.63. The number of pyridine rings is 1. The minimum absolute atomic E-state index is 0.146. The molecular weight excluding hydrogens is 260 g/mol. The van der Waals surface area contributed by atoms with Gasteiger partial charge in [-0.3, -0.25) is 0 Å². The number of carboxylic acids is 1. The van der Waals surface area contributed by atoms with Crippen LogP contribution in [0.4, 0.5) is 5.82 Å². The maximum atomic E-state index is 10.7. The molecule has 0 fully saturated rings. The number of thiophene rings is 1. The van der Waals surface area contributed by atoms with E-state index in [2.05, 4.69) is 37.1 Å². The molecule has 2 aromatic rings. The van der Waals surface area contributed by atoms with Crippen LogP contribution in [0, 0.1) is 13.8 Å². The number of hydrogen-bond donors (Lipinski definition) is 2. The van der Waals surface area contributed by atoms with Gasteiger partial charge in [0.1, 0.15) is 5.82 Å². The minimum Gasteiger partial charge on any atom is -0.478 e. The molecular formula is C14H16N2O2S. The molecule has 5 heteroatoms.